The van der Waals surface area contributed by atoms with Gasteiger partial charge in [-0.25, -0.2) is 4.79 Å². The van der Waals surface area contributed by atoms with Gasteiger partial charge in [0.2, 0.25) is 5.76 Å². The molecule has 0 aliphatic heterocycles. The summed E-state index contributed by atoms with van der Waals surface area (Å²) in [5, 5.41) is 23.1. The van der Waals surface area contributed by atoms with Gasteiger partial charge in [0.25, 0.3) is 5.91 Å². The molecule has 1 amide bonds. The van der Waals surface area contributed by atoms with E-state index in [9.17, 15) is 9.59 Å². The highest BCUT2D eigenvalue weighted by molar-refractivity contribution is 5.95. The minimum absolute atomic E-state index is 0.105. The predicted octanol–water partition coefficient (Wildman–Crippen LogP) is 0.110. The third-order valence-corrected chi connectivity index (χ3v) is 2.29. The van der Waals surface area contributed by atoms with Crippen molar-refractivity contribution >= 4 is 11.9 Å². The second-order valence-corrected chi connectivity index (χ2v) is 3.60. The lowest BCUT2D eigenvalue weighted by Crippen LogP contribution is -2.43. The first-order valence-corrected chi connectivity index (χ1v) is 5.27. The molecule has 8 nitrogen and oxygen atoms in total. The lowest BCUT2D eigenvalue weighted by atomic mass is 10.2. The van der Waals surface area contributed by atoms with Crippen molar-refractivity contribution in [2.75, 3.05) is 6.61 Å². The fourth-order valence-electron chi connectivity index (χ4n) is 1.33. The molecule has 0 fully saturated rings. The molecule has 0 saturated carbocycles. The van der Waals surface area contributed by atoms with E-state index in [2.05, 4.69) is 10.5 Å². The van der Waals surface area contributed by atoms with Crippen molar-refractivity contribution in [3.63, 3.8) is 0 Å². The van der Waals surface area contributed by atoms with Gasteiger partial charge in [0, 0.05) is 6.07 Å². The van der Waals surface area contributed by atoms with E-state index in [1.54, 1.807) is 12.1 Å². The Morgan fingerprint density at radius 3 is 2.79 bits per heavy atom. The van der Waals surface area contributed by atoms with Crippen molar-refractivity contribution in [2.24, 2.45) is 0 Å². The lowest BCUT2D eigenvalue weighted by Gasteiger charge is -2.09. The van der Waals surface area contributed by atoms with Crippen molar-refractivity contribution in [3.8, 4) is 11.5 Å². The standard InChI is InChI=1S/C11H10N2O6/c14-5-7(11(16)17)12-10(15)6-4-9(19-13-6)8-2-1-3-18-8/h1-4,7,14H,5H2,(H,12,15)(H,16,17)/t7-/m1/s1. The summed E-state index contributed by atoms with van der Waals surface area (Å²) in [4.78, 5) is 22.3. The molecular weight excluding hydrogens is 256 g/mol. The van der Waals surface area contributed by atoms with Crippen LogP contribution in [-0.4, -0.2) is 39.9 Å². The van der Waals surface area contributed by atoms with Crippen LogP contribution in [0, 0.1) is 0 Å². The van der Waals surface area contributed by atoms with Crippen LogP contribution < -0.4 is 5.32 Å². The number of aromatic nitrogens is 1. The molecule has 0 aliphatic carbocycles. The molecule has 2 aromatic rings. The van der Waals surface area contributed by atoms with Crippen LogP contribution in [-0.2, 0) is 4.79 Å². The zero-order valence-electron chi connectivity index (χ0n) is 9.57. The van der Waals surface area contributed by atoms with Gasteiger partial charge in [0.05, 0.1) is 12.9 Å². The first-order valence-electron chi connectivity index (χ1n) is 5.27. The lowest BCUT2D eigenvalue weighted by molar-refractivity contribution is -0.140. The Labute approximate surface area is 106 Å². The molecule has 2 heterocycles. The summed E-state index contributed by atoms with van der Waals surface area (Å²) in [6.07, 6.45) is 1.43. The first kappa shape index (κ1) is 12.8. The van der Waals surface area contributed by atoms with Gasteiger partial charge in [-0.05, 0) is 12.1 Å². The van der Waals surface area contributed by atoms with Gasteiger partial charge in [-0.1, -0.05) is 5.16 Å². The maximum absolute atomic E-state index is 11.7. The molecule has 2 rings (SSSR count). The molecule has 100 valence electrons. The Bertz CT molecular complexity index is 574. The Morgan fingerprint density at radius 2 is 2.21 bits per heavy atom. The summed E-state index contributed by atoms with van der Waals surface area (Å²) in [6, 6.07) is 3.18. The third-order valence-electron chi connectivity index (χ3n) is 2.29. The van der Waals surface area contributed by atoms with Crippen molar-refractivity contribution in [1.82, 2.24) is 10.5 Å². The summed E-state index contributed by atoms with van der Waals surface area (Å²) in [6.45, 7) is -0.718. The number of aliphatic hydroxyl groups excluding tert-OH is 1. The number of furan rings is 1. The van der Waals surface area contributed by atoms with Crippen LogP contribution in [0.2, 0.25) is 0 Å². The molecule has 0 saturated heterocycles. The quantitative estimate of drug-likeness (QED) is 0.701. The number of carbonyl (C=O) groups is 2. The van der Waals surface area contributed by atoms with E-state index in [1.165, 1.54) is 12.3 Å². The van der Waals surface area contributed by atoms with E-state index in [1.807, 2.05) is 0 Å². The summed E-state index contributed by atoms with van der Waals surface area (Å²) >= 11 is 0. The highest BCUT2D eigenvalue weighted by Crippen LogP contribution is 2.20. The molecular formula is C11H10N2O6. The van der Waals surface area contributed by atoms with Crippen LogP contribution >= 0.6 is 0 Å². The zero-order valence-corrected chi connectivity index (χ0v) is 9.57. The number of rotatable bonds is 5. The summed E-state index contributed by atoms with van der Waals surface area (Å²) in [5.74, 6) is -1.47. The van der Waals surface area contributed by atoms with Crippen LogP contribution in [0.4, 0.5) is 0 Å². The van der Waals surface area contributed by atoms with Crippen molar-refractivity contribution in [2.45, 2.75) is 6.04 Å². The van der Waals surface area contributed by atoms with E-state index < -0.39 is 24.5 Å². The second-order valence-electron chi connectivity index (χ2n) is 3.60. The van der Waals surface area contributed by atoms with Gasteiger partial charge in [-0.2, -0.15) is 0 Å². The summed E-state index contributed by atoms with van der Waals surface area (Å²) in [5.41, 5.74) is -0.105. The number of carbonyl (C=O) groups excluding carboxylic acids is 1. The predicted molar refractivity (Wildman–Crippen MR) is 60.2 cm³/mol. The van der Waals surface area contributed by atoms with Crippen LogP contribution in [0.1, 0.15) is 10.5 Å². The summed E-state index contributed by atoms with van der Waals surface area (Å²) < 4.78 is 9.94. The van der Waals surface area contributed by atoms with Crippen LogP contribution in [0.25, 0.3) is 11.5 Å². The molecule has 3 N–H and O–H groups in total. The molecule has 19 heavy (non-hydrogen) atoms. The zero-order chi connectivity index (χ0) is 13.8. The Morgan fingerprint density at radius 1 is 1.42 bits per heavy atom. The van der Waals surface area contributed by atoms with Crippen LogP contribution in [0.5, 0.6) is 0 Å². The van der Waals surface area contributed by atoms with Gasteiger partial charge < -0.3 is 24.5 Å². The highest BCUT2D eigenvalue weighted by atomic mass is 16.5. The van der Waals surface area contributed by atoms with E-state index in [0.29, 0.717) is 5.76 Å². The smallest absolute Gasteiger partial charge is 0.328 e. The molecule has 1 atom stereocenters. The minimum Gasteiger partial charge on any atom is -0.480 e. The number of aliphatic carboxylic acids is 1. The van der Waals surface area contributed by atoms with Gasteiger partial charge in [0.1, 0.15) is 0 Å². The number of carboxylic acid groups (broad SMARTS) is 1. The van der Waals surface area contributed by atoms with E-state index in [0.717, 1.165) is 0 Å². The van der Waals surface area contributed by atoms with Gasteiger partial charge in [-0.15, -0.1) is 0 Å². The number of carboxylic acids is 1. The van der Waals surface area contributed by atoms with Gasteiger partial charge in [-0.3, -0.25) is 4.79 Å². The number of hydrogen-bond donors (Lipinski definition) is 3. The maximum atomic E-state index is 11.7. The molecule has 0 unspecified atom stereocenters. The average Bonchev–Trinajstić information content (AvgIpc) is 3.04. The van der Waals surface area contributed by atoms with E-state index in [-0.39, 0.29) is 11.5 Å². The third kappa shape index (κ3) is 2.80. The number of nitrogens with zero attached hydrogens (tertiary/aromatic N) is 1. The first-order chi connectivity index (χ1) is 9.11. The number of aliphatic hydroxyl groups is 1. The number of hydrogen-bond acceptors (Lipinski definition) is 6. The average molecular weight is 266 g/mol. The fourth-order valence-corrected chi connectivity index (χ4v) is 1.33. The van der Waals surface area contributed by atoms with E-state index in [4.69, 9.17) is 19.2 Å². The van der Waals surface area contributed by atoms with Crippen molar-refractivity contribution in [3.05, 3.63) is 30.2 Å². The molecule has 0 bridgehead atoms. The number of amides is 1. The van der Waals surface area contributed by atoms with Crippen LogP contribution in [0.3, 0.4) is 0 Å². The normalized spacial score (nSPS) is 12.1. The van der Waals surface area contributed by atoms with E-state index >= 15 is 0 Å². The van der Waals surface area contributed by atoms with Gasteiger partial charge >= 0.3 is 5.97 Å². The Balaban J connectivity index is 2.10. The minimum atomic E-state index is -1.39. The Hall–Kier alpha value is -2.61. The highest BCUT2D eigenvalue weighted by Gasteiger charge is 2.22. The molecule has 0 radical (unpaired) electrons. The maximum Gasteiger partial charge on any atom is 0.328 e. The fraction of sp³-hybridized carbons (Fsp3) is 0.182. The number of nitrogens with one attached hydrogen (secondary N) is 1. The van der Waals surface area contributed by atoms with Crippen molar-refractivity contribution < 1.29 is 28.7 Å². The second kappa shape index (κ2) is 5.36. The largest absolute Gasteiger partial charge is 0.480 e. The SMILES string of the molecule is O=C(N[C@H](CO)C(=O)O)c1cc(-c2ccco2)on1. The monoisotopic (exact) mass is 266 g/mol. The topological polar surface area (TPSA) is 126 Å². The van der Waals surface area contributed by atoms with Crippen LogP contribution in [0.15, 0.2) is 33.4 Å². The summed E-state index contributed by atoms with van der Waals surface area (Å²) in [7, 11) is 0. The molecule has 2 aromatic heterocycles. The molecule has 8 heteroatoms. The van der Waals surface area contributed by atoms with Gasteiger partial charge in [0.15, 0.2) is 17.5 Å². The molecule has 0 spiro atoms. The molecule has 0 aromatic carbocycles. The molecule has 0 aliphatic rings. The van der Waals surface area contributed by atoms with Crippen molar-refractivity contribution in [1.29, 1.82) is 0 Å². The Kier molecular flexibility index (Phi) is 3.62.